The fraction of sp³-hybridized carbons (Fsp3) is 0.0769. The lowest BCUT2D eigenvalue weighted by Crippen LogP contribution is -2.13. The Hall–Kier alpha value is -2.61. The molecule has 2 heterocycles. The largest absolute Gasteiger partial charge is 0.382 e. The lowest BCUT2D eigenvalue weighted by atomic mass is 10.3. The molecule has 0 bridgehead atoms. The van der Waals surface area contributed by atoms with Gasteiger partial charge in [-0.15, -0.1) is 0 Å². The number of H-pyrrole nitrogens is 1. The first-order chi connectivity index (χ1) is 10.2. The highest BCUT2D eigenvalue weighted by Gasteiger charge is 2.10. The summed E-state index contributed by atoms with van der Waals surface area (Å²) in [6, 6.07) is 9.29. The van der Waals surface area contributed by atoms with E-state index in [0.29, 0.717) is 22.1 Å². The van der Waals surface area contributed by atoms with E-state index in [0.717, 1.165) is 5.69 Å². The number of para-hydroxylation sites is 1. The monoisotopic (exact) mass is 300 g/mol. The maximum absolute atomic E-state index is 11.8. The van der Waals surface area contributed by atoms with Gasteiger partial charge in [-0.05, 0) is 12.1 Å². The minimum absolute atomic E-state index is 0.106. The number of hydrogen-bond donors (Lipinski definition) is 3. The molecule has 0 unspecified atom stereocenters. The molecule has 1 amide bonds. The third kappa shape index (κ3) is 3.11. The third-order valence-electron chi connectivity index (χ3n) is 2.69. The van der Waals surface area contributed by atoms with Gasteiger partial charge in [-0.2, -0.15) is 0 Å². The molecule has 21 heavy (non-hydrogen) atoms. The van der Waals surface area contributed by atoms with Crippen molar-refractivity contribution in [2.75, 3.05) is 16.8 Å². The number of thioether (sulfide) groups is 1. The summed E-state index contributed by atoms with van der Waals surface area (Å²) in [6.45, 7) is 0. The molecular weight excluding hydrogens is 288 g/mol. The first-order valence-corrected chi connectivity index (χ1v) is 7.15. The van der Waals surface area contributed by atoms with E-state index in [1.165, 1.54) is 18.1 Å². The molecule has 0 atom stereocenters. The van der Waals surface area contributed by atoms with Crippen LogP contribution in [0.1, 0.15) is 0 Å². The first-order valence-electron chi connectivity index (χ1n) is 6.16. The third-order valence-corrected chi connectivity index (χ3v) is 3.57. The summed E-state index contributed by atoms with van der Waals surface area (Å²) in [5.41, 5.74) is 7.56. The van der Waals surface area contributed by atoms with Gasteiger partial charge in [-0.1, -0.05) is 30.0 Å². The van der Waals surface area contributed by atoms with Crippen molar-refractivity contribution < 1.29 is 4.79 Å². The second-order valence-corrected chi connectivity index (χ2v) is 5.17. The minimum atomic E-state index is -0.106. The molecule has 0 radical (unpaired) electrons. The number of nitrogens with zero attached hydrogens (tertiary/aromatic N) is 3. The number of imidazole rings is 1. The standard InChI is InChI=1S/C13H12N6OS/c14-11-10-12(16-7-15-11)19-13(18-10)21-6-9(20)17-8-4-2-1-3-5-8/h1-5,7H,6H2,(H,17,20)(H3,14,15,16,18,19). The van der Waals surface area contributed by atoms with E-state index in [-0.39, 0.29) is 11.7 Å². The Bertz CT molecular complexity index is 773. The first kappa shape index (κ1) is 13.4. The number of fused-ring (bicyclic) bond motifs is 1. The average molecular weight is 300 g/mol. The second-order valence-electron chi connectivity index (χ2n) is 4.20. The van der Waals surface area contributed by atoms with Crippen LogP contribution in [0.2, 0.25) is 0 Å². The predicted octanol–water partition coefficient (Wildman–Crippen LogP) is 1.67. The van der Waals surface area contributed by atoms with Crippen molar-refractivity contribution in [3.63, 3.8) is 0 Å². The number of nitrogens with two attached hydrogens (primary N) is 1. The number of anilines is 2. The fourth-order valence-corrected chi connectivity index (χ4v) is 2.41. The Balaban J connectivity index is 1.64. The number of rotatable bonds is 4. The van der Waals surface area contributed by atoms with E-state index < -0.39 is 0 Å². The van der Waals surface area contributed by atoms with E-state index in [4.69, 9.17) is 5.73 Å². The van der Waals surface area contributed by atoms with Crippen molar-refractivity contribution in [2.24, 2.45) is 0 Å². The zero-order chi connectivity index (χ0) is 14.7. The zero-order valence-electron chi connectivity index (χ0n) is 10.9. The molecule has 3 rings (SSSR count). The Kier molecular flexibility index (Phi) is 3.69. The zero-order valence-corrected chi connectivity index (χ0v) is 11.7. The van der Waals surface area contributed by atoms with E-state index in [2.05, 4.69) is 25.3 Å². The maximum Gasteiger partial charge on any atom is 0.234 e. The molecule has 3 aromatic rings. The molecule has 0 aliphatic rings. The van der Waals surface area contributed by atoms with Crippen LogP contribution in [0.4, 0.5) is 11.5 Å². The van der Waals surface area contributed by atoms with E-state index in [1.54, 1.807) is 0 Å². The molecule has 0 aliphatic carbocycles. The van der Waals surface area contributed by atoms with Gasteiger partial charge in [0, 0.05) is 5.69 Å². The van der Waals surface area contributed by atoms with Crippen LogP contribution in [-0.2, 0) is 4.79 Å². The Morgan fingerprint density at radius 2 is 2.10 bits per heavy atom. The number of carbonyl (C=O) groups excluding carboxylic acids is 1. The van der Waals surface area contributed by atoms with Gasteiger partial charge in [0.15, 0.2) is 16.6 Å². The highest BCUT2D eigenvalue weighted by molar-refractivity contribution is 7.99. The topological polar surface area (TPSA) is 110 Å². The number of aromatic nitrogens is 4. The predicted molar refractivity (Wildman–Crippen MR) is 81.9 cm³/mol. The van der Waals surface area contributed by atoms with Gasteiger partial charge in [0.25, 0.3) is 0 Å². The molecule has 0 aliphatic heterocycles. The molecule has 8 heteroatoms. The summed E-state index contributed by atoms with van der Waals surface area (Å²) < 4.78 is 0. The van der Waals surface area contributed by atoms with E-state index in [1.807, 2.05) is 30.3 Å². The van der Waals surface area contributed by atoms with Gasteiger partial charge < -0.3 is 16.0 Å². The van der Waals surface area contributed by atoms with Crippen molar-refractivity contribution in [3.05, 3.63) is 36.7 Å². The summed E-state index contributed by atoms with van der Waals surface area (Å²) >= 11 is 1.28. The van der Waals surface area contributed by atoms with Crippen LogP contribution >= 0.6 is 11.8 Å². The summed E-state index contributed by atoms with van der Waals surface area (Å²) in [4.78, 5) is 27.0. The highest BCUT2D eigenvalue weighted by atomic mass is 32.2. The van der Waals surface area contributed by atoms with Gasteiger partial charge in [0.2, 0.25) is 5.91 Å². The van der Waals surface area contributed by atoms with Crippen molar-refractivity contribution in [3.8, 4) is 0 Å². The molecule has 4 N–H and O–H groups in total. The minimum Gasteiger partial charge on any atom is -0.382 e. The van der Waals surface area contributed by atoms with Gasteiger partial charge in [-0.3, -0.25) is 4.79 Å². The van der Waals surface area contributed by atoms with E-state index >= 15 is 0 Å². The summed E-state index contributed by atoms with van der Waals surface area (Å²) in [5, 5.41) is 3.39. The SMILES string of the molecule is Nc1ncnc2nc(SCC(=O)Nc3ccccc3)[nH]c12. The smallest absolute Gasteiger partial charge is 0.234 e. The quantitative estimate of drug-likeness (QED) is 0.632. The average Bonchev–Trinajstić information content (AvgIpc) is 2.91. The van der Waals surface area contributed by atoms with Crippen LogP contribution in [0.15, 0.2) is 41.8 Å². The summed E-state index contributed by atoms with van der Waals surface area (Å²) in [7, 11) is 0. The van der Waals surface area contributed by atoms with Crippen molar-refractivity contribution >= 4 is 40.3 Å². The molecule has 0 saturated carbocycles. The number of amides is 1. The molecule has 106 valence electrons. The molecule has 1 aromatic carbocycles. The second kappa shape index (κ2) is 5.80. The lowest BCUT2D eigenvalue weighted by Gasteiger charge is -2.03. The summed E-state index contributed by atoms with van der Waals surface area (Å²) in [6.07, 6.45) is 1.36. The molecular formula is C13H12N6OS. The van der Waals surface area contributed by atoms with Crippen molar-refractivity contribution in [2.45, 2.75) is 5.16 Å². The Labute approximate surface area is 124 Å². The van der Waals surface area contributed by atoms with Gasteiger partial charge >= 0.3 is 0 Å². The molecule has 7 nitrogen and oxygen atoms in total. The van der Waals surface area contributed by atoms with Crippen LogP contribution in [0, 0.1) is 0 Å². The van der Waals surface area contributed by atoms with Gasteiger partial charge in [-0.25, -0.2) is 15.0 Å². The number of nitrogens with one attached hydrogen (secondary N) is 2. The van der Waals surface area contributed by atoms with Crippen molar-refractivity contribution in [1.82, 2.24) is 19.9 Å². The Morgan fingerprint density at radius 3 is 2.86 bits per heavy atom. The van der Waals surface area contributed by atoms with Gasteiger partial charge in [0.1, 0.15) is 11.8 Å². The van der Waals surface area contributed by atoms with E-state index in [9.17, 15) is 4.79 Å². The van der Waals surface area contributed by atoms with Crippen LogP contribution in [-0.4, -0.2) is 31.6 Å². The van der Waals surface area contributed by atoms with Crippen LogP contribution in [0.5, 0.6) is 0 Å². The number of aromatic amines is 1. The molecule has 0 spiro atoms. The van der Waals surface area contributed by atoms with Crippen molar-refractivity contribution in [1.29, 1.82) is 0 Å². The lowest BCUT2D eigenvalue weighted by molar-refractivity contribution is -0.113. The maximum atomic E-state index is 11.8. The summed E-state index contributed by atoms with van der Waals surface area (Å²) in [5.74, 6) is 0.473. The molecule has 2 aromatic heterocycles. The number of nitrogen functional groups attached to an aromatic ring is 1. The van der Waals surface area contributed by atoms with Gasteiger partial charge in [0.05, 0.1) is 5.75 Å². The number of hydrogen-bond acceptors (Lipinski definition) is 6. The number of benzene rings is 1. The van der Waals surface area contributed by atoms with Crippen LogP contribution < -0.4 is 11.1 Å². The number of carbonyl (C=O) groups is 1. The normalized spacial score (nSPS) is 10.7. The molecule has 0 fully saturated rings. The highest BCUT2D eigenvalue weighted by Crippen LogP contribution is 2.20. The fourth-order valence-electron chi connectivity index (χ4n) is 1.75. The van der Waals surface area contributed by atoms with Crippen LogP contribution in [0.3, 0.4) is 0 Å². The molecule has 0 saturated heterocycles. The Morgan fingerprint density at radius 1 is 1.29 bits per heavy atom. The van der Waals surface area contributed by atoms with Crippen LogP contribution in [0.25, 0.3) is 11.2 Å².